The van der Waals surface area contributed by atoms with Crippen LogP contribution in [0.1, 0.15) is 39.2 Å². The molecule has 0 radical (unpaired) electrons. The Morgan fingerprint density at radius 3 is 2.55 bits per heavy atom. The monoisotopic (exact) mass is 308 g/mol. The summed E-state index contributed by atoms with van der Waals surface area (Å²) >= 11 is 0. The molecular formula is C17H25FN2O2. The Balaban J connectivity index is 2.13. The highest BCUT2D eigenvalue weighted by atomic mass is 19.1. The van der Waals surface area contributed by atoms with Gasteiger partial charge in [-0.15, -0.1) is 0 Å². The molecule has 122 valence electrons. The maximum Gasteiger partial charge on any atom is 0.407 e. The molecule has 0 aromatic heterocycles. The molecule has 1 heterocycles. The minimum Gasteiger partial charge on any atom is -0.444 e. The summed E-state index contributed by atoms with van der Waals surface area (Å²) in [6.45, 7) is 7.47. The summed E-state index contributed by atoms with van der Waals surface area (Å²) in [5.74, 6) is -0.213. The van der Waals surface area contributed by atoms with Crippen molar-refractivity contribution >= 4 is 6.09 Å². The first kappa shape index (κ1) is 16.7. The predicted molar refractivity (Wildman–Crippen MR) is 84.4 cm³/mol. The van der Waals surface area contributed by atoms with Crippen LogP contribution < -0.4 is 10.6 Å². The van der Waals surface area contributed by atoms with E-state index in [0.29, 0.717) is 12.1 Å². The minimum absolute atomic E-state index is 0.213. The summed E-state index contributed by atoms with van der Waals surface area (Å²) in [6, 6.07) is 6.83. The van der Waals surface area contributed by atoms with E-state index >= 15 is 0 Å². The summed E-state index contributed by atoms with van der Waals surface area (Å²) < 4.78 is 19.5. The zero-order chi connectivity index (χ0) is 16.2. The normalized spacial score (nSPS) is 17.8. The first-order valence-electron chi connectivity index (χ1n) is 7.75. The molecule has 22 heavy (non-hydrogen) atoms. The van der Waals surface area contributed by atoms with Crippen LogP contribution in [0.2, 0.25) is 0 Å². The number of amides is 1. The van der Waals surface area contributed by atoms with E-state index in [1.165, 1.54) is 6.07 Å². The van der Waals surface area contributed by atoms with Gasteiger partial charge in [0, 0.05) is 12.0 Å². The second kappa shape index (κ2) is 6.65. The van der Waals surface area contributed by atoms with Gasteiger partial charge in [-0.1, -0.05) is 18.2 Å². The molecule has 0 spiro atoms. The first-order valence-corrected chi connectivity index (χ1v) is 7.75. The van der Waals surface area contributed by atoms with Crippen LogP contribution in [0, 0.1) is 5.82 Å². The molecule has 2 N–H and O–H groups in total. The number of rotatable bonds is 3. The Morgan fingerprint density at radius 2 is 1.95 bits per heavy atom. The van der Waals surface area contributed by atoms with Crippen LogP contribution in [-0.4, -0.2) is 31.3 Å². The third-order valence-corrected chi connectivity index (χ3v) is 3.98. The Morgan fingerprint density at radius 1 is 1.32 bits per heavy atom. The van der Waals surface area contributed by atoms with Gasteiger partial charge in [-0.2, -0.15) is 0 Å². The van der Waals surface area contributed by atoms with Crippen LogP contribution in [0.4, 0.5) is 9.18 Å². The lowest BCUT2D eigenvalue weighted by atomic mass is 9.73. The summed E-state index contributed by atoms with van der Waals surface area (Å²) in [5.41, 5.74) is -0.246. The Bertz CT molecular complexity index is 520. The van der Waals surface area contributed by atoms with E-state index in [4.69, 9.17) is 4.74 Å². The van der Waals surface area contributed by atoms with E-state index in [2.05, 4.69) is 10.6 Å². The predicted octanol–water partition coefficient (Wildman–Crippen LogP) is 2.97. The van der Waals surface area contributed by atoms with Gasteiger partial charge in [-0.05, 0) is 58.3 Å². The van der Waals surface area contributed by atoms with Gasteiger partial charge in [-0.3, -0.25) is 0 Å². The van der Waals surface area contributed by atoms with Gasteiger partial charge >= 0.3 is 6.09 Å². The SMILES string of the molecule is CC(C)(C)OC(=O)NCC1(c2ccccc2F)CCNCC1. The van der Waals surface area contributed by atoms with Gasteiger partial charge in [0.25, 0.3) is 0 Å². The van der Waals surface area contributed by atoms with E-state index < -0.39 is 11.7 Å². The van der Waals surface area contributed by atoms with Crippen LogP contribution in [0.15, 0.2) is 24.3 Å². The molecule has 1 aliphatic rings. The molecule has 1 fully saturated rings. The number of ether oxygens (including phenoxy) is 1. The highest BCUT2D eigenvalue weighted by Gasteiger charge is 2.36. The van der Waals surface area contributed by atoms with Crippen molar-refractivity contribution in [1.29, 1.82) is 0 Å². The molecule has 5 heteroatoms. The molecule has 1 aliphatic heterocycles. The number of piperidine rings is 1. The highest BCUT2D eigenvalue weighted by molar-refractivity contribution is 5.67. The molecule has 0 saturated carbocycles. The van der Waals surface area contributed by atoms with Crippen LogP contribution in [0.25, 0.3) is 0 Å². The fourth-order valence-corrected chi connectivity index (χ4v) is 2.89. The van der Waals surface area contributed by atoms with Gasteiger partial charge in [0.15, 0.2) is 0 Å². The molecule has 1 aromatic rings. The summed E-state index contributed by atoms with van der Waals surface area (Å²) in [6.07, 6.45) is 1.11. The Labute approximate surface area is 131 Å². The van der Waals surface area contributed by atoms with Gasteiger partial charge in [0.05, 0.1) is 0 Å². The molecule has 4 nitrogen and oxygen atoms in total. The second-order valence-corrected chi connectivity index (χ2v) is 6.87. The topological polar surface area (TPSA) is 50.4 Å². The zero-order valence-corrected chi connectivity index (χ0v) is 13.5. The number of nitrogens with one attached hydrogen (secondary N) is 2. The second-order valence-electron chi connectivity index (χ2n) is 6.87. The van der Waals surface area contributed by atoms with Crippen LogP contribution in [0.5, 0.6) is 0 Å². The first-order chi connectivity index (χ1) is 10.3. The maximum absolute atomic E-state index is 14.3. The van der Waals surface area contributed by atoms with Crippen molar-refractivity contribution in [3.8, 4) is 0 Å². The summed E-state index contributed by atoms with van der Waals surface area (Å²) in [4.78, 5) is 11.9. The van der Waals surface area contributed by atoms with Gasteiger partial charge in [0.2, 0.25) is 0 Å². The van der Waals surface area contributed by atoms with Gasteiger partial charge in [0.1, 0.15) is 11.4 Å². The van der Waals surface area contributed by atoms with E-state index in [-0.39, 0.29) is 11.2 Å². The number of alkyl carbamates (subject to hydrolysis) is 1. The van der Waals surface area contributed by atoms with Crippen LogP contribution in [0.3, 0.4) is 0 Å². The van der Waals surface area contributed by atoms with Crippen LogP contribution in [-0.2, 0) is 10.2 Å². The third-order valence-electron chi connectivity index (χ3n) is 3.98. The molecule has 1 saturated heterocycles. The quantitative estimate of drug-likeness (QED) is 0.902. The van der Waals surface area contributed by atoms with Gasteiger partial charge in [-0.25, -0.2) is 9.18 Å². The number of hydrogen-bond acceptors (Lipinski definition) is 3. The van der Waals surface area contributed by atoms with Crippen molar-refractivity contribution in [3.05, 3.63) is 35.6 Å². The number of carbonyl (C=O) groups is 1. The molecule has 0 aliphatic carbocycles. The lowest BCUT2D eigenvalue weighted by Crippen LogP contribution is -2.48. The van der Waals surface area contributed by atoms with Crippen LogP contribution >= 0.6 is 0 Å². The number of carbonyl (C=O) groups excluding carboxylic acids is 1. The standard InChI is InChI=1S/C17H25FN2O2/c1-16(2,3)22-15(21)20-12-17(8-10-19-11-9-17)13-6-4-5-7-14(13)18/h4-7,19H,8-12H2,1-3H3,(H,20,21). The molecular weight excluding hydrogens is 283 g/mol. The fourth-order valence-electron chi connectivity index (χ4n) is 2.89. The van der Waals surface area contributed by atoms with Crippen molar-refractivity contribution < 1.29 is 13.9 Å². The molecule has 0 atom stereocenters. The Hall–Kier alpha value is -1.62. The number of halogens is 1. The summed E-state index contributed by atoms with van der Waals surface area (Å²) in [5, 5.41) is 6.11. The zero-order valence-electron chi connectivity index (χ0n) is 13.5. The van der Waals surface area contributed by atoms with Crippen molar-refractivity contribution in [3.63, 3.8) is 0 Å². The molecule has 0 unspecified atom stereocenters. The fraction of sp³-hybridized carbons (Fsp3) is 0.588. The Kier molecular flexibility index (Phi) is 5.06. The highest BCUT2D eigenvalue weighted by Crippen LogP contribution is 2.34. The smallest absolute Gasteiger partial charge is 0.407 e. The molecule has 1 amide bonds. The lowest BCUT2D eigenvalue weighted by Gasteiger charge is -2.38. The van der Waals surface area contributed by atoms with Crippen molar-refractivity contribution in [2.45, 2.75) is 44.6 Å². The van der Waals surface area contributed by atoms with E-state index in [1.54, 1.807) is 6.07 Å². The van der Waals surface area contributed by atoms with E-state index in [1.807, 2.05) is 32.9 Å². The summed E-state index contributed by atoms with van der Waals surface area (Å²) in [7, 11) is 0. The largest absolute Gasteiger partial charge is 0.444 e. The lowest BCUT2D eigenvalue weighted by molar-refractivity contribution is 0.0508. The van der Waals surface area contributed by atoms with Gasteiger partial charge < -0.3 is 15.4 Å². The van der Waals surface area contributed by atoms with Crippen molar-refractivity contribution in [1.82, 2.24) is 10.6 Å². The molecule has 1 aromatic carbocycles. The molecule has 2 rings (SSSR count). The van der Waals surface area contributed by atoms with E-state index in [0.717, 1.165) is 25.9 Å². The average Bonchev–Trinajstić information content (AvgIpc) is 2.45. The average molecular weight is 308 g/mol. The molecule has 0 bridgehead atoms. The van der Waals surface area contributed by atoms with Crippen molar-refractivity contribution in [2.75, 3.05) is 19.6 Å². The minimum atomic E-state index is -0.538. The number of benzene rings is 1. The maximum atomic E-state index is 14.3. The number of hydrogen-bond donors (Lipinski definition) is 2. The van der Waals surface area contributed by atoms with E-state index in [9.17, 15) is 9.18 Å². The van der Waals surface area contributed by atoms with Crippen molar-refractivity contribution in [2.24, 2.45) is 0 Å². The third kappa shape index (κ3) is 4.19.